The summed E-state index contributed by atoms with van der Waals surface area (Å²) in [6.07, 6.45) is 2.22. The first-order valence-electron chi connectivity index (χ1n) is 8.37. The lowest BCUT2D eigenvalue weighted by atomic mass is 9.96. The van der Waals surface area contributed by atoms with Crippen LogP contribution in [0.1, 0.15) is 41.8 Å². The third-order valence-electron chi connectivity index (χ3n) is 4.83. The van der Waals surface area contributed by atoms with Crippen molar-refractivity contribution in [2.45, 2.75) is 38.6 Å². The molecule has 6 heteroatoms. The molecule has 0 saturated carbocycles. The minimum atomic E-state index is -0.791. The van der Waals surface area contributed by atoms with Gasteiger partial charge in [-0.05, 0) is 42.2 Å². The second-order valence-electron chi connectivity index (χ2n) is 6.33. The lowest BCUT2D eigenvalue weighted by Crippen LogP contribution is -2.47. The number of ketones is 1. The van der Waals surface area contributed by atoms with Crippen molar-refractivity contribution < 1.29 is 14.4 Å². The first kappa shape index (κ1) is 17.0. The number of hydrogen-bond donors (Lipinski definition) is 1. The summed E-state index contributed by atoms with van der Waals surface area (Å²) in [5.74, 6) is 1.02. The Bertz CT molecular complexity index is 696. The van der Waals surface area contributed by atoms with Crippen molar-refractivity contribution in [1.29, 1.82) is 0 Å². The second kappa shape index (κ2) is 6.59. The molecule has 2 aliphatic heterocycles. The van der Waals surface area contributed by atoms with Crippen LogP contribution in [0.2, 0.25) is 0 Å². The predicted molar refractivity (Wildman–Crippen MR) is 94.4 cm³/mol. The molecule has 5 nitrogen and oxygen atoms in total. The van der Waals surface area contributed by atoms with E-state index in [-0.39, 0.29) is 18.2 Å². The van der Waals surface area contributed by atoms with E-state index in [2.05, 4.69) is 5.32 Å². The maximum absolute atomic E-state index is 12.8. The molecule has 2 fully saturated rings. The lowest BCUT2D eigenvalue weighted by Gasteiger charge is -2.19. The molecular formula is C18H22N2O3S. The number of rotatable bonds is 5. The van der Waals surface area contributed by atoms with E-state index in [9.17, 15) is 14.4 Å². The SMILES string of the molecule is CCc1ccc(CC)c(C(=O)CN2C(=O)NC3(CCSC3)C2=O)c1. The summed E-state index contributed by atoms with van der Waals surface area (Å²) in [5, 5.41) is 2.80. The van der Waals surface area contributed by atoms with Crippen molar-refractivity contribution in [2.24, 2.45) is 0 Å². The van der Waals surface area contributed by atoms with E-state index in [1.165, 1.54) is 0 Å². The molecule has 1 unspecified atom stereocenters. The van der Waals surface area contributed by atoms with Crippen LogP contribution in [0.15, 0.2) is 18.2 Å². The molecular weight excluding hydrogens is 324 g/mol. The van der Waals surface area contributed by atoms with Gasteiger partial charge in [-0.15, -0.1) is 0 Å². The average Bonchev–Trinajstić information content (AvgIpc) is 3.15. The van der Waals surface area contributed by atoms with Gasteiger partial charge >= 0.3 is 6.03 Å². The fourth-order valence-corrected chi connectivity index (χ4v) is 4.62. The molecule has 1 aromatic rings. The van der Waals surface area contributed by atoms with Crippen LogP contribution in [0, 0.1) is 0 Å². The van der Waals surface area contributed by atoms with Crippen LogP contribution >= 0.6 is 11.8 Å². The highest BCUT2D eigenvalue weighted by Crippen LogP contribution is 2.33. The molecule has 128 valence electrons. The fraction of sp³-hybridized carbons (Fsp3) is 0.500. The smallest absolute Gasteiger partial charge is 0.322 e. The number of nitrogens with zero attached hydrogens (tertiary/aromatic N) is 1. The average molecular weight is 346 g/mol. The number of carbonyl (C=O) groups is 3. The van der Waals surface area contributed by atoms with E-state index in [1.807, 2.05) is 32.0 Å². The number of imide groups is 1. The molecule has 1 N–H and O–H groups in total. The van der Waals surface area contributed by atoms with Gasteiger partial charge in [-0.3, -0.25) is 14.5 Å². The minimum Gasteiger partial charge on any atom is -0.322 e. The summed E-state index contributed by atoms with van der Waals surface area (Å²) in [7, 11) is 0. The van der Waals surface area contributed by atoms with Crippen LogP contribution in [-0.2, 0) is 17.6 Å². The van der Waals surface area contributed by atoms with E-state index in [4.69, 9.17) is 0 Å². The van der Waals surface area contributed by atoms with Crippen molar-refractivity contribution in [3.05, 3.63) is 34.9 Å². The van der Waals surface area contributed by atoms with Gasteiger partial charge in [0.1, 0.15) is 5.54 Å². The Balaban J connectivity index is 1.82. The van der Waals surface area contributed by atoms with Crippen LogP contribution < -0.4 is 5.32 Å². The van der Waals surface area contributed by atoms with E-state index in [0.717, 1.165) is 34.6 Å². The maximum Gasteiger partial charge on any atom is 0.325 e. The molecule has 3 rings (SSSR count). The highest BCUT2D eigenvalue weighted by molar-refractivity contribution is 7.99. The van der Waals surface area contributed by atoms with Gasteiger partial charge in [-0.2, -0.15) is 11.8 Å². The first-order valence-corrected chi connectivity index (χ1v) is 9.53. The third kappa shape index (κ3) is 2.83. The number of hydrogen-bond acceptors (Lipinski definition) is 4. The number of urea groups is 1. The number of carbonyl (C=O) groups excluding carboxylic acids is 3. The molecule has 2 saturated heterocycles. The largest absolute Gasteiger partial charge is 0.325 e. The maximum atomic E-state index is 12.8. The summed E-state index contributed by atoms with van der Waals surface area (Å²) in [6.45, 7) is 3.85. The fourth-order valence-electron chi connectivity index (χ4n) is 3.29. The number of aryl methyl sites for hydroxylation is 2. The zero-order valence-corrected chi connectivity index (χ0v) is 14.9. The number of thioether (sulfide) groups is 1. The Kier molecular flexibility index (Phi) is 4.67. The summed E-state index contributed by atoms with van der Waals surface area (Å²) in [5.41, 5.74) is 1.87. The van der Waals surface area contributed by atoms with Gasteiger partial charge in [0.2, 0.25) is 0 Å². The quantitative estimate of drug-likeness (QED) is 0.657. The summed E-state index contributed by atoms with van der Waals surface area (Å²) in [4.78, 5) is 38.7. The van der Waals surface area contributed by atoms with Crippen molar-refractivity contribution >= 4 is 29.5 Å². The molecule has 0 bridgehead atoms. The zero-order chi connectivity index (χ0) is 17.3. The van der Waals surface area contributed by atoms with Crippen LogP contribution in [0.3, 0.4) is 0 Å². The van der Waals surface area contributed by atoms with E-state index < -0.39 is 11.6 Å². The molecule has 1 atom stereocenters. The summed E-state index contributed by atoms with van der Waals surface area (Å²) >= 11 is 1.66. The normalized spacial score (nSPS) is 23.2. The van der Waals surface area contributed by atoms with E-state index >= 15 is 0 Å². The summed E-state index contributed by atoms with van der Waals surface area (Å²) < 4.78 is 0. The third-order valence-corrected chi connectivity index (χ3v) is 6.02. The van der Waals surface area contributed by atoms with E-state index in [0.29, 0.717) is 17.7 Å². The van der Waals surface area contributed by atoms with Gasteiger partial charge in [0, 0.05) is 11.3 Å². The molecule has 1 spiro atoms. The van der Waals surface area contributed by atoms with Gasteiger partial charge in [-0.1, -0.05) is 26.0 Å². The van der Waals surface area contributed by atoms with Crippen LogP contribution in [0.5, 0.6) is 0 Å². The molecule has 2 heterocycles. The van der Waals surface area contributed by atoms with E-state index in [1.54, 1.807) is 11.8 Å². The van der Waals surface area contributed by atoms with Crippen molar-refractivity contribution in [3.63, 3.8) is 0 Å². The number of Topliss-reactive ketones (excluding diaryl/α,β-unsaturated/α-hetero) is 1. The molecule has 0 radical (unpaired) electrons. The number of amides is 3. The lowest BCUT2D eigenvalue weighted by molar-refractivity contribution is -0.130. The van der Waals surface area contributed by atoms with Crippen molar-refractivity contribution in [3.8, 4) is 0 Å². The number of benzene rings is 1. The monoisotopic (exact) mass is 346 g/mol. The van der Waals surface area contributed by atoms with Crippen LogP contribution in [0.25, 0.3) is 0 Å². The van der Waals surface area contributed by atoms with Gasteiger partial charge in [0.25, 0.3) is 5.91 Å². The topological polar surface area (TPSA) is 66.5 Å². The highest BCUT2D eigenvalue weighted by atomic mass is 32.2. The van der Waals surface area contributed by atoms with Gasteiger partial charge < -0.3 is 5.32 Å². The Morgan fingerprint density at radius 3 is 2.71 bits per heavy atom. The Labute approximate surface area is 146 Å². The number of nitrogens with one attached hydrogen (secondary N) is 1. The molecule has 3 amide bonds. The van der Waals surface area contributed by atoms with Crippen LogP contribution in [0.4, 0.5) is 4.79 Å². The molecule has 1 aromatic carbocycles. The molecule has 0 aliphatic carbocycles. The van der Waals surface area contributed by atoms with Gasteiger partial charge in [-0.25, -0.2) is 4.79 Å². The molecule has 0 aromatic heterocycles. The van der Waals surface area contributed by atoms with Crippen molar-refractivity contribution in [1.82, 2.24) is 10.2 Å². The van der Waals surface area contributed by atoms with Crippen LogP contribution in [-0.4, -0.2) is 46.2 Å². The Morgan fingerprint density at radius 2 is 2.08 bits per heavy atom. The Morgan fingerprint density at radius 1 is 1.29 bits per heavy atom. The van der Waals surface area contributed by atoms with Gasteiger partial charge in [0.15, 0.2) is 5.78 Å². The molecule has 24 heavy (non-hydrogen) atoms. The zero-order valence-electron chi connectivity index (χ0n) is 14.1. The predicted octanol–water partition coefficient (Wildman–Crippen LogP) is 2.42. The highest BCUT2D eigenvalue weighted by Gasteiger charge is 2.53. The van der Waals surface area contributed by atoms with Gasteiger partial charge in [0.05, 0.1) is 6.54 Å². The Hall–Kier alpha value is -1.82. The molecule has 2 aliphatic rings. The van der Waals surface area contributed by atoms with Crippen molar-refractivity contribution in [2.75, 3.05) is 18.1 Å². The second-order valence-corrected chi connectivity index (χ2v) is 7.43. The minimum absolute atomic E-state index is 0.173. The summed E-state index contributed by atoms with van der Waals surface area (Å²) in [6, 6.07) is 5.43. The standard InChI is InChI=1S/C18H22N2O3S/c1-3-12-5-6-13(4-2)14(9-12)15(21)10-20-16(22)18(19-17(20)23)7-8-24-11-18/h5-6,9H,3-4,7-8,10-11H2,1-2H3,(H,19,23). The first-order chi connectivity index (χ1) is 11.5.